The van der Waals surface area contributed by atoms with E-state index in [0.29, 0.717) is 30.4 Å². The van der Waals surface area contributed by atoms with Crippen LogP contribution in [-0.2, 0) is 4.43 Å². The van der Waals surface area contributed by atoms with Crippen LogP contribution in [0, 0.1) is 23.2 Å². The fraction of sp³-hybridized carbons (Fsp3) is 0.864. The van der Waals surface area contributed by atoms with Gasteiger partial charge in [-0.2, -0.15) is 0 Å². The molecule has 27 heavy (non-hydrogen) atoms. The maximum Gasteiger partial charge on any atom is 0.200 e. The quantitative estimate of drug-likeness (QED) is 0.481. The van der Waals surface area contributed by atoms with Crippen molar-refractivity contribution in [2.24, 2.45) is 23.2 Å². The summed E-state index contributed by atoms with van der Waals surface area (Å²) >= 11 is 0. The summed E-state index contributed by atoms with van der Waals surface area (Å²) in [5, 5.41) is 0.186. The first-order chi connectivity index (χ1) is 12.6. The van der Waals surface area contributed by atoms with Gasteiger partial charge in [-0.1, -0.05) is 53.2 Å². The lowest BCUT2D eigenvalue weighted by Crippen LogP contribution is -2.49. The lowest BCUT2D eigenvalue weighted by molar-refractivity contribution is 0.131. The lowest BCUT2D eigenvalue weighted by Gasteiger charge is -2.40. The number of hydrogen-bond acceptors (Lipinski definition) is 2. The minimum Gasteiger partial charge on any atom is -0.415 e. The predicted molar refractivity (Wildman–Crippen MR) is 116 cm³/mol. The molecule has 5 heteroatoms. The fourth-order valence-electron chi connectivity index (χ4n) is 6.35. The predicted octanol–water partition coefficient (Wildman–Crippen LogP) is 5.37. The van der Waals surface area contributed by atoms with Gasteiger partial charge in [-0.3, -0.25) is 4.79 Å². The number of rotatable bonds is 3. The van der Waals surface area contributed by atoms with Crippen molar-refractivity contribution < 1.29 is 9.22 Å². The van der Waals surface area contributed by atoms with E-state index in [-0.39, 0.29) is 22.3 Å². The first-order valence-electron chi connectivity index (χ1n) is 11.0. The number of allylic oxidation sites excluding steroid dienone is 2. The van der Waals surface area contributed by atoms with Gasteiger partial charge in [-0.15, -0.1) is 0 Å². The summed E-state index contributed by atoms with van der Waals surface area (Å²) in [6, 6.07) is 0.500. The second-order valence-corrected chi connectivity index (χ2v) is 15.1. The summed E-state index contributed by atoms with van der Waals surface area (Å²) < 4.78 is 6.60. The van der Waals surface area contributed by atoms with Crippen LogP contribution in [0.1, 0.15) is 60.3 Å². The zero-order valence-corrected chi connectivity index (χ0v) is 19.4. The Labute approximate surface area is 168 Å². The summed E-state index contributed by atoms with van der Waals surface area (Å²) in [4.78, 5) is 14.5. The van der Waals surface area contributed by atoms with Crippen LogP contribution in [-0.4, -0.2) is 45.6 Å². The van der Waals surface area contributed by atoms with Crippen LogP contribution in [0.2, 0.25) is 18.1 Å². The first-order valence-corrected chi connectivity index (χ1v) is 13.9. The standard InChI is InChI=1S/C20H32BNO2Si.C2H6/c1-19(2,3)25(4,5)24-12-15-17-13-8-9-14(11-13)20(17)10-6-7-16(20)22(15)18(21)23;1-2/h8-9,13-17H,6-7,10-12H2,1-5H3;1-2H3/t13?,14?,15-,16?,17?,20?;/m1./s1. The number of nitrogens with zero attached hydrogens (tertiary/aromatic N) is 1. The molecule has 6 atom stereocenters. The SMILES string of the molecule is CC.[B]C(=O)N1C2CCCC23C2C=CC(C2)C3[C@H]1CO[Si](C)(C)C(C)(C)C. The van der Waals surface area contributed by atoms with Gasteiger partial charge in [0, 0.05) is 11.5 Å². The number of carbonyl (C=O) groups is 1. The molecule has 3 aliphatic carbocycles. The van der Waals surface area contributed by atoms with Gasteiger partial charge in [-0.05, 0) is 55.1 Å². The summed E-state index contributed by atoms with van der Waals surface area (Å²) in [5.41, 5.74) is 0.288. The van der Waals surface area contributed by atoms with Gasteiger partial charge in [-0.25, -0.2) is 0 Å². The third-order valence-corrected chi connectivity index (χ3v) is 12.9. The van der Waals surface area contributed by atoms with Crippen LogP contribution in [0.5, 0.6) is 0 Å². The molecule has 1 amide bonds. The minimum atomic E-state index is -1.84. The van der Waals surface area contributed by atoms with E-state index in [4.69, 9.17) is 12.3 Å². The van der Waals surface area contributed by atoms with E-state index < -0.39 is 8.32 Å². The summed E-state index contributed by atoms with van der Waals surface area (Å²) in [6.07, 6.45) is 9.75. The van der Waals surface area contributed by atoms with Crippen LogP contribution >= 0.6 is 0 Å². The molecule has 0 aromatic rings. The Morgan fingerprint density at radius 2 is 1.96 bits per heavy atom. The molecule has 1 heterocycles. The van der Waals surface area contributed by atoms with Crippen molar-refractivity contribution in [3.05, 3.63) is 12.2 Å². The van der Waals surface area contributed by atoms with E-state index in [0.717, 1.165) is 6.42 Å². The molecule has 3 fully saturated rings. The van der Waals surface area contributed by atoms with Gasteiger partial charge >= 0.3 is 0 Å². The Morgan fingerprint density at radius 3 is 2.56 bits per heavy atom. The Morgan fingerprint density at radius 1 is 1.30 bits per heavy atom. The number of hydrogen-bond donors (Lipinski definition) is 0. The normalized spacial score (nSPS) is 39.2. The summed E-state index contributed by atoms with van der Waals surface area (Å²) in [6.45, 7) is 16.1. The molecule has 1 saturated heterocycles. The summed E-state index contributed by atoms with van der Waals surface area (Å²) in [7, 11) is 4.07. The largest absolute Gasteiger partial charge is 0.415 e. The van der Waals surface area contributed by atoms with Crippen LogP contribution in [0.25, 0.3) is 0 Å². The average molecular weight is 387 g/mol. The van der Waals surface area contributed by atoms with E-state index >= 15 is 0 Å². The first kappa shape index (κ1) is 21.2. The molecular weight excluding hydrogens is 349 g/mol. The lowest BCUT2D eigenvalue weighted by atomic mass is 9.66. The van der Waals surface area contributed by atoms with Crippen LogP contribution in [0.15, 0.2) is 12.2 Å². The molecule has 150 valence electrons. The van der Waals surface area contributed by atoms with Crippen molar-refractivity contribution in [1.82, 2.24) is 4.90 Å². The van der Waals surface area contributed by atoms with E-state index in [1.807, 2.05) is 13.8 Å². The highest BCUT2D eigenvalue weighted by Crippen LogP contribution is 2.69. The van der Waals surface area contributed by atoms with Gasteiger partial charge in [0.1, 0.15) is 0 Å². The molecule has 4 rings (SSSR count). The highest BCUT2D eigenvalue weighted by Gasteiger charge is 2.70. The smallest absolute Gasteiger partial charge is 0.200 e. The zero-order chi connectivity index (χ0) is 20.2. The third-order valence-electron chi connectivity index (χ3n) is 8.38. The Bertz CT molecular complexity index is 614. The van der Waals surface area contributed by atoms with Crippen LogP contribution in [0.4, 0.5) is 4.79 Å². The molecule has 1 spiro atoms. The van der Waals surface area contributed by atoms with E-state index in [2.05, 4.69) is 50.9 Å². The highest BCUT2D eigenvalue weighted by atomic mass is 28.4. The monoisotopic (exact) mass is 387 g/mol. The van der Waals surface area contributed by atoms with Crippen molar-refractivity contribution in [3.8, 4) is 0 Å². The molecule has 0 aromatic carbocycles. The van der Waals surface area contributed by atoms with Gasteiger partial charge in [0.25, 0.3) is 0 Å². The number of carbonyl (C=O) groups excluding carboxylic acids is 1. The molecule has 0 N–H and O–H groups in total. The number of amides is 1. The third kappa shape index (κ3) is 2.99. The maximum absolute atomic E-state index is 12.4. The van der Waals surface area contributed by atoms with Gasteiger partial charge in [0.05, 0.1) is 12.6 Å². The Balaban J connectivity index is 0.00000102. The molecule has 1 aliphatic heterocycles. The molecule has 2 radical (unpaired) electrons. The second-order valence-electron chi connectivity index (χ2n) is 10.3. The molecular formula is C22H38BNO2Si. The molecule has 5 unspecified atom stereocenters. The number of likely N-dealkylation sites (tertiary alicyclic amines) is 1. The fourth-order valence-corrected chi connectivity index (χ4v) is 7.37. The van der Waals surface area contributed by atoms with Crippen molar-refractivity contribution in [2.45, 2.75) is 90.5 Å². The molecule has 2 saturated carbocycles. The Hall–Kier alpha value is -0.548. The molecule has 2 bridgehead atoms. The van der Waals surface area contributed by atoms with Crippen molar-refractivity contribution >= 4 is 22.0 Å². The van der Waals surface area contributed by atoms with Crippen molar-refractivity contribution in [2.75, 3.05) is 6.61 Å². The molecule has 4 aliphatic rings. The maximum atomic E-state index is 12.4. The van der Waals surface area contributed by atoms with Crippen molar-refractivity contribution in [1.29, 1.82) is 0 Å². The average Bonchev–Trinajstić information content (AvgIpc) is 3.30. The van der Waals surface area contributed by atoms with Crippen molar-refractivity contribution in [3.63, 3.8) is 0 Å². The van der Waals surface area contributed by atoms with E-state index in [9.17, 15) is 4.79 Å². The zero-order valence-electron chi connectivity index (χ0n) is 18.4. The Kier molecular flexibility index (Phi) is 5.53. The minimum absolute atomic E-state index is 0.164. The number of fused-ring (bicyclic) bond motifs is 3. The van der Waals surface area contributed by atoms with E-state index in [1.54, 1.807) is 0 Å². The van der Waals surface area contributed by atoms with E-state index in [1.165, 1.54) is 19.3 Å². The van der Waals surface area contributed by atoms with Crippen LogP contribution < -0.4 is 0 Å². The van der Waals surface area contributed by atoms with Gasteiger partial charge in [0.15, 0.2) is 14.1 Å². The summed E-state index contributed by atoms with van der Waals surface area (Å²) in [5.74, 6) is 1.58. The molecule has 3 nitrogen and oxygen atoms in total. The molecule has 0 aromatic heterocycles. The topological polar surface area (TPSA) is 29.5 Å². The van der Waals surface area contributed by atoms with Gasteiger partial charge in [0.2, 0.25) is 7.85 Å². The van der Waals surface area contributed by atoms with Crippen LogP contribution in [0.3, 0.4) is 0 Å². The highest BCUT2D eigenvalue weighted by molar-refractivity contribution is 6.74. The van der Waals surface area contributed by atoms with Gasteiger partial charge < -0.3 is 9.33 Å². The second kappa shape index (κ2) is 7.05.